The maximum absolute atomic E-state index is 14.5. The average Bonchev–Trinajstić information content (AvgIpc) is 3.53. The van der Waals surface area contributed by atoms with E-state index in [0.29, 0.717) is 48.8 Å². The van der Waals surface area contributed by atoms with Gasteiger partial charge in [-0.25, -0.2) is 14.8 Å². The minimum absolute atomic E-state index is 0.0517. The van der Waals surface area contributed by atoms with Gasteiger partial charge in [0.05, 0.1) is 6.61 Å². The van der Waals surface area contributed by atoms with Gasteiger partial charge < -0.3 is 14.6 Å². The molecule has 0 unspecified atom stereocenters. The van der Waals surface area contributed by atoms with Crippen LogP contribution in [0.4, 0.5) is 4.39 Å². The summed E-state index contributed by atoms with van der Waals surface area (Å²) in [6, 6.07) is 39.8. The minimum atomic E-state index is -1.42. The number of hydrogen-bond acceptors (Lipinski definition) is 6. The molecule has 0 fully saturated rings. The van der Waals surface area contributed by atoms with Crippen LogP contribution in [0.5, 0.6) is 5.75 Å². The molecule has 1 aliphatic rings. The number of carbonyl (C=O) groups is 1. The summed E-state index contributed by atoms with van der Waals surface area (Å²) in [5.41, 5.74) is 9.51. The zero-order valence-electron chi connectivity index (χ0n) is 26.8. The van der Waals surface area contributed by atoms with Crippen LogP contribution >= 0.6 is 15.9 Å². The van der Waals surface area contributed by atoms with Crippen molar-refractivity contribution >= 4 is 27.7 Å². The van der Waals surface area contributed by atoms with Gasteiger partial charge in [-0.2, -0.15) is 0 Å². The van der Waals surface area contributed by atoms with Crippen LogP contribution in [0.1, 0.15) is 34.8 Å². The van der Waals surface area contributed by atoms with E-state index in [9.17, 15) is 9.18 Å². The Kier molecular flexibility index (Phi) is 11.1. The Morgan fingerprint density at radius 3 is 2.20 bits per heavy atom. The molecule has 0 radical (unpaired) electrons. The third-order valence-electron chi connectivity index (χ3n) is 8.45. The lowest BCUT2D eigenvalue weighted by molar-refractivity contribution is -0.130. The van der Waals surface area contributed by atoms with E-state index in [1.54, 1.807) is 18.2 Å². The van der Waals surface area contributed by atoms with E-state index in [-0.39, 0.29) is 24.8 Å². The molecule has 0 aromatic heterocycles. The molecule has 5 aromatic carbocycles. The Morgan fingerprint density at radius 2 is 1.49 bits per heavy atom. The fraction of sp³-hybridized carbons (Fsp3) is 0.200. The Balaban J connectivity index is 1.35. The molecule has 0 aliphatic carbocycles. The van der Waals surface area contributed by atoms with Gasteiger partial charge in [0.2, 0.25) is 5.90 Å². The lowest BCUT2D eigenvalue weighted by Crippen LogP contribution is -2.54. The van der Waals surface area contributed by atoms with Gasteiger partial charge in [0.25, 0.3) is 5.91 Å². The lowest BCUT2D eigenvalue weighted by Gasteiger charge is -2.31. The van der Waals surface area contributed by atoms with Crippen molar-refractivity contribution < 1.29 is 23.8 Å². The largest absolute Gasteiger partial charge is 0.494 e. The highest BCUT2D eigenvalue weighted by molar-refractivity contribution is 9.10. The summed E-state index contributed by atoms with van der Waals surface area (Å²) in [4.78, 5) is 19.6. The smallest absolute Gasteiger partial charge is 0.266 e. The molecule has 6 rings (SSSR count). The van der Waals surface area contributed by atoms with Crippen molar-refractivity contribution in [3.05, 3.63) is 160 Å². The van der Waals surface area contributed by atoms with Crippen molar-refractivity contribution in [3.8, 4) is 16.9 Å². The molecule has 0 saturated heterocycles. The van der Waals surface area contributed by atoms with Crippen LogP contribution in [0, 0.1) is 5.82 Å². The summed E-state index contributed by atoms with van der Waals surface area (Å²) in [6.45, 7) is 0.757. The van der Waals surface area contributed by atoms with E-state index in [2.05, 4.69) is 38.9 Å². The second-order valence-corrected chi connectivity index (χ2v) is 12.6. The SMILES string of the molecule is O=C(NNCCc1ccccc1F)[C@@]1(Cc2ccccc2Br)N=C(c2ccc(OCCCO)cc2)O[C@H]1c1ccc(-c2ccccc2)cc1. The molecule has 9 heteroatoms. The van der Waals surface area contributed by atoms with Gasteiger partial charge in [-0.05, 0) is 70.6 Å². The number of benzene rings is 5. The fourth-order valence-corrected chi connectivity index (χ4v) is 6.27. The summed E-state index contributed by atoms with van der Waals surface area (Å²) in [7, 11) is 0. The van der Waals surface area contributed by atoms with Crippen molar-refractivity contribution in [1.29, 1.82) is 0 Å². The topological polar surface area (TPSA) is 92.2 Å². The highest BCUT2D eigenvalue weighted by Gasteiger charge is 2.53. The van der Waals surface area contributed by atoms with Crippen molar-refractivity contribution in [2.24, 2.45) is 4.99 Å². The van der Waals surface area contributed by atoms with Gasteiger partial charge in [0, 0.05) is 36.0 Å². The Morgan fingerprint density at radius 1 is 0.837 bits per heavy atom. The molecule has 1 aliphatic heterocycles. The van der Waals surface area contributed by atoms with Gasteiger partial charge in [0.15, 0.2) is 11.6 Å². The Labute approximate surface area is 293 Å². The average molecular weight is 723 g/mol. The number of carbonyl (C=O) groups excluding carboxylic acids is 1. The number of rotatable bonds is 14. The predicted octanol–water partition coefficient (Wildman–Crippen LogP) is 7.38. The van der Waals surface area contributed by atoms with Crippen LogP contribution in [0.3, 0.4) is 0 Å². The van der Waals surface area contributed by atoms with Gasteiger partial charge in [-0.15, -0.1) is 0 Å². The van der Waals surface area contributed by atoms with E-state index >= 15 is 0 Å². The van der Waals surface area contributed by atoms with Gasteiger partial charge >= 0.3 is 0 Å². The highest BCUT2D eigenvalue weighted by atomic mass is 79.9. The molecular formula is C40H37BrFN3O4. The number of aliphatic imine (C=N–C) groups is 1. The quantitative estimate of drug-likeness (QED) is 0.0823. The highest BCUT2D eigenvalue weighted by Crippen LogP contribution is 2.43. The van der Waals surface area contributed by atoms with Gasteiger partial charge in [-0.3, -0.25) is 10.2 Å². The summed E-state index contributed by atoms with van der Waals surface area (Å²) in [5.74, 6) is 0.309. The van der Waals surface area contributed by atoms with Crippen molar-refractivity contribution in [2.45, 2.75) is 30.9 Å². The molecule has 5 aromatic rings. The molecule has 49 heavy (non-hydrogen) atoms. The van der Waals surface area contributed by atoms with E-state index in [4.69, 9.17) is 19.6 Å². The van der Waals surface area contributed by atoms with Crippen LogP contribution in [0.15, 0.2) is 137 Å². The molecule has 1 heterocycles. The molecule has 0 saturated carbocycles. The van der Waals surface area contributed by atoms with Gasteiger partial charge in [0.1, 0.15) is 11.6 Å². The summed E-state index contributed by atoms with van der Waals surface area (Å²) < 4.78 is 27.5. The van der Waals surface area contributed by atoms with E-state index in [1.807, 2.05) is 91.0 Å². The standard InChI is InChI=1S/C40H37BrFN3O4/c41-35-13-6-4-12-33(35)27-40(39(47)45-43-24-23-30-11-5-7-14-36(30)42)37(31-17-15-29(16-18-31)28-9-2-1-3-10-28)49-38(44-40)32-19-21-34(22-20-32)48-26-8-25-46/h1-7,9-22,37,43,46H,8,23-27H2,(H,45,47)/t37-,40-/m0/s1. The Bertz CT molecular complexity index is 1890. The number of halogens is 2. The van der Waals surface area contributed by atoms with Crippen molar-refractivity contribution in [2.75, 3.05) is 19.8 Å². The molecule has 7 nitrogen and oxygen atoms in total. The summed E-state index contributed by atoms with van der Waals surface area (Å²) in [6.07, 6.45) is 0.357. The van der Waals surface area contributed by atoms with Crippen LogP contribution < -0.4 is 15.6 Å². The summed E-state index contributed by atoms with van der Waals surface area (Å²) >= 11 is 3.68. The maximum Gasteiger partial charge on any atom is 0.266 e. The van der Waals surface area contributed by atoms with Crippen molar-refractivity contribution in [1.82, 2.24) is 10.9 Å². The first kappa shape index (κ1) is 34.0. The zero-order chi connectivity index (χ0) is 34.1. The number of hydrogen-bond donors (Lipinski definition) is 3. The maximum atomic E-state index is 14.5. The van der Waals surface area contributed by atoms with Crippen LogP contribution in [0.25, 0.3) is 11.1 Å². The lowest BCUT2D eigenvalue weighted by atomic mass is 9.82. The van der Waals surface area contributed by atoms with E-state index < -0.39 is 11.6 Å². The number of aliphatic hydroxyl groups is 1. The molecule has 0 spiro atoms. The van der Waals surface area contributed by atoms with E-state index in [0.717, 1.165) is 26.7 Å². The zero-order valence-corrected chi connectivity index (χ0v) is 28.4. The number of ether oxygens (including phenoxy) is 2. The fourth-order valence-electron chi connectivity index (χ4n) is 5.84. The number of amides is 1. The third-order valence-corrected chi connectivity index (χ3v) is 9.22. The first-order valence-corrected chi connectivity index (χ1v) is 17.0. The molecule has 2 atom stereocenters. The van der Waals surface area contributed by atoms with Crippen LogP contribution in [-0.4, -0.2) is 42.2 Å². The molecule has 250 valence electrons. The number of hydrazine groups is 1. The first-order chi connectivity index (χ1) is 24.0. The minimum Gasteiger partial charge on any atom is -0.494 e. The van der Waals surface area contributed by atoms with Crippen LogP contribution in [0.2, 0.25) is 0 Å². The normalized spacial score (nSPS) is 16.9. The second kappa shape index (κ2) is 16.0. The molecular weight excluding hydrogens is 685 g/mol. The molecule has 1 amide bonds. The van der Waals surface area contributed by atoms with Gasteiger partial charge in [-0.1, -0.05) is 107 Å². The van der Waals surface area contributed by atoms with Crippen molar-refractivity contribution in [3.63, 3.8) is 0 Å². The van der Waals surface area contributed by atoms with Crippen LogP contribution in [-0.2, 0) is 22.4 Å². The number of nitrogens with one attached hydrogen (secondary N) is 2. The first-order valence-electron chi connectivity index (χ1n) is 16.2. The Hall–Kier alpha value is -4.83. The second-order valence-electron chi connectivity index (χ2n) is 11.8. The number of nitrogens with zero attached hydrogens (tertiary/aromatic N) is 1. The van der Waals surface area contributed by atoms with E-state index in [1.165, 1.54) is 6.07 Å². The number of aliphatic hydroxyl groups excluding tert-OH is 1. The summed E-state index contributed by atoms with van der Waals surface area (Å²) in [5, 5.41) is 9.10. The third kappa shape index (κ3) is 8.08. The monoisotopic (exact) mass is 721 g/mol. The molecule has 3 N–H and O–H groups in total. The predicted molar refractivity (Wildman–Crippen MR) is 193 cm³/mol. The molecule has 0 bridgehead atoms.